The summed E-state index contributed by atoms with van der Waals surface area (Å²) in [6.07, 6.45) is -3.18. The molecule has 6 N–H and O–H groups in total. The molecule has 1 aromatic heterocycles. The maximum atomic E-state index is 10.9. The van der Waals surface area contributed by atoms with Gasteiger partial charge in [-0.3, -0.25) is 4.79 Å². The molecule has 9 nitrogen and oxygen atoms in total. The number of carbonyl (C=O) groups is 2. The van der Waals surface area contributed by atoms with Gasteiger partial charge in [0.15, 0.2) is 0 Å². The quantitative estimate of drug-likeness (QED) is 0.469. The molecule has 0 radical (unpaired) electrons. The average molecular weight is 351 g/mol. The van der Waals surface area contributed by atoms with Crippen LogP contribution in [0.4, 0.5) is 19.0 Å². The number of alkyl halides is 3. The second kappa shape index (κ2) is 7.88. The highest BCUT2D eigenvalue weighted by atomic mass is 19.4. The summed E-state index contributed by atoms with van der Waals surface area (Å²) >= 11 is 0. The van der Waals surface area contributed by atoms with E-state index in [0.29, 0.717) is 31.9 Å². The summed E-state index contributed by atoms with van der Waals surface area (Å²) in [7, 11) is 0. The predicted molar refractivity (Wildman–Crippen MR) is 75.2 cm³/mol. The number of nitrogens with two attached hydrogens (primary N) is 1. The van der Waals surface area contributed by atoms with E-state index in [1.165, 1.54) is 12.4 Å². The van der Waals surface area contributed by atoms with Crippen molar-refractivity contribution in [3.63, 3.8) is 0 Å². The minimum absolute atomic E-state index is 0.173. The van der Waals surface area contributed by atoms with Crippen molar-refractivity contribution >= 4 is 17.7 Å². The molecule has 2 heterocycles. The summed E-state index contributed by atoms with van der Waals surface area (Å²) in [5.41, 5.74) is 4.66. The van der Waals surface area contributed by atoms with E-state index in [9.17, 15) is 23.1 Å². The van der Waals surface area contributed by atoms with Gasteiger partial charge in [-0.2, -0.15) is 13.2 Å². The van der Waals surface area contributed by atoms with Gasteiger partial charge in [-0.15, -0.1) is 0 Å². The van der Waals surface area contributed by atoms with E-state index in [0.717, 1.165) is 0 Å². The van der Waals surface area contributed by atoms with Crippen LogP contribution < -0.4 is 16.4 Å². The van der Waals surface area contributed by atoms with Crippen LogP contribution in [0.1, 0.15) is 16.9 Å². The zero-order chi connectivity index (χ0) is 18.4. The maximum Gasteiger partial charge on any atom is 0.490 e. The predicted octanol–water partition coefficient (Wildman–Crippen LogP) is -0.655. The van der Waals surface area contributed by atoms with Gasteiger partial charge in [0.2, 0.25) is 0 Å². The number of halogens is 3. The van der Waals surface area contributed by atoms with Crippen LogP contribution >= 0.6 is 0 Å². The van der Waals surface area contributed by atoms with Crippen molar-refractivity contribution in [2.45, 2.75) is 18.2 Å². The van der Waals surface area contributed by atoms with Crippen molar-refractivity contribution in [3.8, 4) is 0 Å². The summed E-state index contributed by atoms with van der Waals surface area (Å²) in [6, 6.07) is 1.49. The van der Waals surface area contributed by atoms with Crippen LogP contribution in [0.25, 0.3) is 0 Å². The van der Waals surface area contributed by atoms with Crippen LogP contribution in [-0.2, 0) is 4.79 Å². The first-order chi connectivity index (χ1) is 11.0. The number of aliphatic hydroxyl groups is 1. The van der Waals surface area contributed by atoms with Crippen LogP contribution in [0.5, 0.6) is 0 Å². The number of aromatic nitrogens is 2. The molecule has 1 amide bonds. The monoisotopic (exact) mass is 351 g/mol. The second-order valence-corrected chi connectivity index (χ2v) is 4.96. The number of carboxylic acid groups (broad SMARTS) is 1. The number of rotatable bonds is 5. The van der Waals surface area contributed by atoms with E-state index < -0.39 is 23.7 Å². The van der Waals surface area contributed by atoms with Crippen LogP contribution in [0.2, 0.25) is 0 Å². The van der Waals surface area contributed by atoms with Gasteiger partial charge in [-0.25, -0.2) is 14.8 Å². The number of carboxylic acids is 1. The number of hydrogen-bond donors (Lipinski definition) is 5. The number of nitrogens with zero attached hydrogens (tertiary/aromatic N) is 2. The standard InChI is InChI=1S/C10H15N5O2.C2HF3O2/c11-9(16)7-3-8(15-6-14-7)13-2-1-10(17)4-12-5-10;3-2(4,5)1(6)7/h3,6,12,17H,1-2,4-5H2,(H2,11,16)(H,13,14,15);(H,6,7). The van der Waals surface area contributed by atoms with Gasteiger partial charge in [-0.1, -0.05) is 0 Å². The number of aliphatic carboxylic acids is 1. The smallest absolute Gasteiger partial charge is 0.475 e. The molecule has 0 saturated carbocycles. The van der Waals surface area contributed by atoms with E-state index in [1.807, 2.05) is 0 Å². The Balaban J connectivity index is 0.000000351. The Morgan fingerprint density at radius 1 is 1.38 bits per heavy atom. The lowest BCUT2D eigenvalue weighted by atomic mass is 9.93. The number of amides is 1. The molecule has 134 valence electrons. The zero-order valence-corrected chi connectivity index (χ0v) is 12.3. The molecule has 1 saturated heterocycles. The summed E-state index contributed by atoms with van der Waals surface area (Å²) in [5, 5.41) is 23.0. The Hall–Kier alpha value is -2.47. The van der Waals surface area contributed by atoms with Gasteiger partial charge in [-0.05, 0) is 6.42 Å². The molecule has 24 heavy (non-hydrogen) atoms. The number of β-amino-alcohol motifs (C(OH)–C–C–N with tert-alkyl or cyclic N) is 1. The van der Waals surface area contributed by atoms with Crippen LogP contribution in [0.3, 0.4) is 0 Å². The van der Waals surface area contributed by atoms with E-state index in [4.69, 9.17) is 15.6 Å². The highest BCUT2D eigenvalue weighted by molar-refractivity contribution is 5.91. The second-order valence-electron chi connectivity index (χ2n) is 4.96. The first-order valence-corrected chi connectivity index (χ1v) is 6.62. The number of primary amides is 1. The van der Waals surface area contributed by atoms with Gasteiger partial charge in [0.05, 0.1) is 5.60 Å². The number of nitrogens with one attached hydrogen (secondary N) is 2. The summed E-state index contributed by atoms with van der Waals surface area (Å²) in [4.78, 5) is 27.5. The van der Waals surface area contributed by atoms with Gasteiger partial charge in [0, 0.05) is 25.7 Å². The lowest BCUT2D eigenvalue weighted by Crippen LogP contribution is -2.60. The Morgan fingerprint density at radius 3 is 2.38 bits per heavy atom. The lowest BCUT2D eigenvalue weighted by Gasteiger charge is -2.37. The van der Waals surface area contributed by atoms with Gasteiger partial charge >= 0.3 is 12.1 Å². The fraction of sp³-hybridized carbons (Fsp3) is 0.500. The normalized spacial score (nSPS) is 15.5. The van der Waals surface area contributed by atoms with Crippen LogP contribution in [0.15, 0.2) is 12.4 Å². The molecule has 0 aliphatic carbocycles. The van der Waals surface area contributed by atoms with E-state index in [1.54, 1.807) is 0 Å². The molecule has 12 heteroatoms. The minimum atomic E-state index is -5.08. The fourth-order valence-electron chi connectivity index (χ4n) is 1.60. The van der Waals surface area contributed by atoms with Crippen LogP contribution in [0, 0.1) is 0 Å². The third kappa shape index (κ3) is 6.34. The third-order valence-corrected chi connectivity index (χ3v) is 2.97. The lowest BCUT2D eigenvalue weighted by molar-refractivity contribution is -0.192. The largest absolute Gasteiger partial charge is 0.490 e. The van der Waals surface area contributed by atoms with Crippen molar-refractivity contribution in [2.24, 2.45) is 5.73 Å². The van der Waals surface area contributed by atoms with Crippen molar-refractivity contribution in [2.75, 3.05) is 25.0 Å². The molecule has 0 aromatic carbocycles. The van der Waals surface area contributed by atoms with Gasteiger partial charge in [0.1, 0.15) is 17.8 Å². The topological polar surface area (TPSA) is 150 Å². The molecule has 1 aliphatic heterocycles. The maximum absolute atomic E-state index is 10.9. The molecule has 0 unspecified atom stereocenters. The average Bonchev–Trinajstić information content (AvgIpc) is 2.45. The van der Waals surface area contributed by atoms with Crippen molar-refractivity contribution in [3.05, 3.63) is 18.1 Å². The highest BCUT2D eigenvalue weighted by Gasteiger charge is 2.38. The molecule has 1 fully saturated rings. The molecule has 0 spiro atoms. The van der Waals surface area contributed by atoms with Crippen LogP contribution in [-0.4, -0.2) is 63.5 Å². The molecular weight excluding hydrogens is 335 g/mol. The Bertz CT molecular complexity index is 592. The van der Waals surface area contributed by atoms with Crippen molar-refractivity contribution in [1.82, 2.24) is 15.3 Å². The number of carbonyl (C=O) groups excluding carboxylic acids is 1. The summed E-state index contributed by atoms with van der Waals surface area (Å²) in [6.45, 7) is 1.81. The number of anilines is 1. The highest BCUT2D eigenvalue weighted by Crippen LogP contribution is 2.15. The third-order valence-electron chi connectivity index (χ3n) is 2.97. The first kappa shape index (κ1) is 19.6. The van der Waals surface area contributed by atoms with E-state index in [-0.39, 0.29) is 5.69 Å². The molecule has 2 rings (SSSR count). The molecule has 0 bridgehead atoms. The van der Waals surface area contributed by atoms with Gasteiger partial charge in [0.25, 0.3) is 5.91 Å². The molecule has 1 aromatic rings. The van der Waals surface area contributed by atoms with Crippen molar-refractivity contribution < 1.29 is 33.0 Å². The first-order valence-electron chi connectivity index (χ1n) is 6.62. The Morgan fingerprint density at radius 2 is 1.96 bits per heavy atom. The number of hydrogen-bond acceptors (Lipinski definition) is 7. The minimum Gasteiger partial charge on any atom is -0.475 e. The molecule has 1 aliphatic rings. The van der Waals surface area contributed by atoms with E-state index in [2.05, 4.69) is 20.6 Å². The molecular formula is C12H16F3N5O4. The SMILES string of the molecule is NC(=O)c1cc(NCCC2(O)CNC2)ncn1.O=C(O)C(F)(F)F. The van der Waals surface area contributed by atoms with Gasteiger partial charge < -0.3 is 26.6 Å². The summed E-state index contributed by atoms with van der Waals surface area (Å²) < 4.78 is 31.7. The Labute approximate surface area is 134 Å². The fourth-order valence-corrected chi connectivity index (χ4v) is 1.60. The van der Waals surface area contributed by atoms with E-state index >= 15 is 0 Å². The summed E-state index contributed by atoms with van der Waals surface area (Å²) in [5.74, 6) is -2.81. The Kier molecular flexibility index (Phi) is 6.42. The molecule has 0 atom stereocenters. The zero-order valence-electron chi connectivity index (χ0n) is 12.3. The van der Waals surface area contributed by atoms with Crippen molar-refractivity contribution in [1.29, 1.82) is 0 Å².